The number of nitrogens with one attached hydrogen (secondary N) is 2. The Hall–Kier alpha value is -2.12. The van der Waals surface area contributed by atoms with E-state index >= 15 is 0 Å². The molecular formula is C20H32N4O3. The van der Waals surface area contributed by atoms with Gasteiger partial charge in [-0.25, -0.2) is 4.79 Å². The van der Waals surface area contributed by atoms with E-state index in [1.165, 1.54) is 0 Å². The highest BCUT2D eigenvalue weighted by Crippen LogP contribution is 2.19. The van der Waals surface area contributed by atoms with Gasteiger partial charge in [-0.2, -0.15) is 0 Å². The molecule has 1 heterocycles. The zero-order chi connectivity index (χ0) is 20.0. The number of aryl methyl sites for hydroxylation is 1. The minimum absolute atomic E-state index is 0.0221. The van der Waals surface area contributed by atoms with Crippen molar-refractivity contribution in [3.8, 4) is 0 Å². The van der Waals surface area contributed by atoms with Gasteiger partial charge >= 0.3 is 6.03 Å². The molecule has 0 aromatic heterocycles. The molecule has 0 saturated carbocycles. The fourth-order valence-corrected chi connectivity index (χ4v) is 3.25. The highest BCUT2D eigenvalue weighted by molar-refractivity contribution is 5.90. The van der Waals surface area contributed by atoms with Crippen LogP contribution in [-0.4, -0.2) is 74.2 Å². The molecule has 0 spiro atoms. The molecule has 27 heavy (non-hydrogen) atoms. The lowest BCUT2D eigenvalue weighted by Gasteiger charge is -2.20. The maximum absolute atomic E-state index is 12.5. The fourth-order valence-electron chi connectivity index (χ4n) is 3.25. The van der Waals surface area contributed by atoms with E-state index in [1.807, 2.05) is 24.3 Å². The molecular weight excluding hydrogens is 344 g/mol. The molecule has 2 atom stereocenters. The molecule has 1 aromatic carbocycles. The Balaban J connectivity index is 1.96. The topological polar surface area (TPSA) is 73.9 Å². The van der Waals surface area contributed by atoms with Crippen molar-refractivity contribution < 1.29 is 14.3 Å². The molecule has 0 bridgehead atoms. The Labute approximate surface area is 162 Å². The number of carbonyl (C=O) groups is 2. The number of amides is 3. The summed E-state index contributed by atoms with van der Waals surface area (Å²) in [5.74, 6) is 0.0666. The van der Waals surface area contributed by atoms with Crippen molar-refractivity contribution in [1.29, 1.82) is 0 Å². The van der Waals surface area contributed by atoms with Crippen LogP contribution in [0.25, 0.3) is 0 Å². The van der Waals surface area contributed by atoms with E-state index in [0.29, 0.717) is 18.9 Å². The number of hydrogen-bond donors (Lipinski definition) is 2. The van der Waals surface area contributed by atoms with Crippen LogP contribution in [0.5, 0.6) is 0 Å². The number of ether oxygens (including phenoxy) is 1. The lowest BCUT2D eigenvalue weighted by Crippen LogP contribution is -2.45. The van der Waals surface area contributed by atoms with Gasteiger partial charge in [0.25, 0.3) is 0 Å². The van der Waals surface area contributed by atoms with Crippen LogP contribution in [0.15, 0.2) is 24.3 Å². The lowest BCUT2D eigenvalue weighted by molar-refractivity contribution is -0.128. The largest absolute Gasteiger partial charge is 0.378 e. The predicted molar refractivity (Wildman–Crippen MR) is 107 cm³/mol. The minimum atomic E-state index is -0.251. The molecule has 2 N–H and O–H groups in total. The Kier molecular flexibility index (Phi) is 7.62. The highest BCUT2D eigenvalue weighted by Gasteiger charge is 2.35. The summed E-state index contributed by atoms with van der Waals surface area (Å²) < 4.78 is 5.54. The van der Waals surface area contributed by atoms with Gasteiger partial charge in [-0.15, -0.1) is 0 Å². The van der Waals surface area contributed by atoms with E-state index in [9.17, 15) is 9.59 Å². The molecule has 7 nitrogen and oxygen atoms in total. The number of methoxy groups -OCH3 is 1. The first-order valence-corrected chi connectivity index (χ1v) is 9.44. The van der Waals surface area contributed by atoms with Crippen molar-refractivity contribution in [2.45, 2.75) is 44.9 Å². The summed E-state index contributed by atoms with van der Waals surface area (Å²) in [5, 5.41) is 5.96. The Bertz CT molecular complexity index is 648. The monoisotopic (exact) mass is 376 g/mol. The van der Waals surface area contributed by atoms with Crippen LogP contribution in [0.3, 0.4) is 0 Å². The zero-order valence-electron chi connectivity index (χ0n) is 17.0. The number of benzene rings is 1. The van der Waals surface area contributed by atoms with E-state index in [-0.39, 0.29) is 24.1 Å². The number of rotatable bonds is 7. The summed E-state index contributed by atoms with van der Waals surface area (Å²) >= 11 is 0. The van der Waals surface area contributed by atoms with Crippen LogP contribution in [0, 0.1) is 0 Å². The second-order valence-corrected chi connectivity index (χ2v) is 7.47. The normalized spacial score (nSPS) is 19.9. The van der Waals surface area contributed by atoms with Gasteiger partial charge in [0.05, 0.1) is 12.1 Å². The summed E-state index contributed by atoms with van der Waals surface area (Å²) in [6.45, 7) is 5.85. The van der Waals surface area contributed by atoms with Crippen LogP contribution in [0.4, 0.5) is 10.5 Å². The van der Waals surface area contributed by atoms with Crippen molar-refractivity contribution in [3.05, 3.63) is 29.8 Å². The van der Waals surface area contributed by atoms with Gasteiger partial charge in [0.2, 0.25) is 5.91 Å². The number of anilines is 1. The van der Waals surface area contributed by atoms with Gasteiger partial charge in [-0.1, -0.05) is 18.2 Å². The number of urea groups is 1. The first-order chi connectivity index (χ1) is 12.8. The van der Waals surface area contributed by atoms with Gasteiger partial charge in [-0.3, -0.25) is 9.69 Å². The van der Waals surface area contributed by atoms with Crippen LogP contribution in [-0.2, 0) is 16.0 Å². The smallest absolute Gasteiger partial charge is 0.319 e. The average Bonchev–Trinajstić information content (AvgIpc) is 3.03. The molecule has 1 aliphatic rings. The van der Waals surface area contributed by atoms with E-state index in [2.05, 4.69) is 29.4 Å². The standard InChI is InChI=1S/C20H32N4O3/c1-14(2)24-12-17(18(13-24)27-5)22-20(26)21-16-9-7-6-8-15(16)10-11-19(25)23(3)4/h6-9,14,17-18H,10-13H2,1-5H3,(H2,21,22,26)/t17-,18-/m1/s1. The number of nitrogens with zero attached hydrogens (tertiary/aromatic N) is 2. The van der Waals surface area contributed by atoms with E-state index in [1.54, 1.807) is 26.1 Å². The Morgan fingerprint density at radius 2 is 1.96 bits per heavy atom. The SMILES string of the molecule is CO[C@@H]1CN(C(C)C)C[C@H]1NC(=O)Nc1ccccc1CCC(=O)N(C)C. The van der Waals surface area contributed by atoms with Gasteiger partial charge in [0.15, 0.2) is 0 Å². The first-order valence-electron chi connectivity index (χ1n) is 9.44. The summed E-state index contributed by atoms with van der Waals surface area (Å²) in [6, 6.07) is 7.69. The van der Waals surface area contributed by atoms with Crippen molar-refractivity contribution in [2.24, 2.45) is 0 Å². The van der Waals surface area contributed by atoms with Gasteiger partial charge in [0, 0.05) is 52.4 Å². The van der Waals surface area contributed by atoms with Crippen molar-refractivity contribution in [2.75, 3.05) is 39.6 Å². The molecule has 0 aliphatic carbocycles. The number of para-hydroxylation sites is 1. The Morgan fingerprint density at radius 1 is 1.26 bits per heavy atom. The fraction of sp³-hybridized carbons (Fsp3) is 0.600. The maximum atomic E-state index is 12.5. The first kappa shape index (κ1) is 21.2. The van der Waals surface area contributed by atoms with Crippen molar-refractivity contribution >= 4 is 17.6 Å². The number of likely N-dealkylation sites (tertiary alicyclic amines) is 1. The molecule has 2 rings (SSSR count). The van der Waals surface area contributed by atoms with Crippen molar-refractivity contribution in [3.63, 3.8) is 0 Å². The molecule has 3 amide bonds. The van der Waals surface area contributed by atoms with Crippen molar-refractivity contribution in [1.82, 2.24) is 15.1 Å². The molecule has 7 heteroatoms. The van der Waals surface area contributed by atoms with Crippen LogP contribution in [0.1, 0.15) is 25.8 Å². The summed E-state index contributed by atoms with van der Waals surface area (Å²) in [5.41, 5.74) is 1.68. The molecule has 1 aliphatic heterocycles. The molecule has 0 unspecified atom stereocenters. The molecule has 0 radical (unpaired) electrons. The molecule has 1 fully saturated rings. The van der Waals surface area contributed by atoms with Crippen LogP contribution >= 0.6 is 0 Å². The minimum Gasteiger partial charge on any atom is -0.378 e. The molecule has 1 aromatic rings. The third-order valence-corrected chi connectivity index (χ3v) is 5.02. The second kappa shape index (κ2) is 9.71. The third-order valence-electron chi connectivity index (χ3n) is 5.02. The lowest BCUT2D eigenvalue weighted by atomic mass is 10.1. The van der Waals surface area contributed by atoms with Gasteiger partial charge in [0.1, 0.15) is 0 Å². The van der Waals surface area contributed by atoms with Crippen LogP contribution in [0.2, 0.25) is 0 Å². The number of carbonyl (C=O) groups excluding carboxylic acids is 2. The maximum Gasteiger partial charge on any atom is 0.319 e. The predicted octanol–water partition coefficient (Wildman–Crippen LogP) is 1.94. The summed E-state index contributed by atoms with van der Waals surface area (Å²) in [6.07, 6.45) is 0.968. The van der Waals surface area contributed by atoms with E-state index in [0.717, 1.165) is 24.3 Å². The van der Waals surface area contributed by atoms with E-state index in [4.69, 9.17) is 4.74 Å². The van der Waals surface area contributed by atoms with Gasteiger partial charge in [-0.05, 0) is 31.9 Å². The molecule has 1 saturated heterocycles. The van der Waals surface area contributed by atoms with Crippen LogP contribution < -0.4 is 10.6 Å². The summed E-state index contributed by atoms with van der Waals surface area (Å²) in [4.78, 5) is 28.2. The second-order valence-electron chi connectivity index (χ2n) is 7.47. The average molecular weight is 377 g/mol. The summed E-state index contributed by atoms with van der Waals surface area (Å²) in [7, 11) is 5.17. The zero-order valence-corrected chi connectivity index (χ0v) is 17.0. The highest BCUT2D eigenvalue weighted by atomic mass is 16.5. The Morgan fingerprint density at radius 3 is 2.59 bits per heavy atom. The molecule has 150 valence electrons. The quantitative estimate of drug-likeness (QED) is 0.763. The number of hydrogen-bond acceptors (Lipinski definition) is 4. The van der Waals surface area contributed by atoms with E-state index < -0.39 is 0 Å². The third kappa shape index (κ3) is 5.94. The van der Waals surface area contributed by atoms with Gasteiger partial charge < -0.3 is 20.3 Å².